The smallest absolute Gasteiger partial charge is 0.335 e. The maximum Gasteiger partial charge on any atom is 0.335 e. The molecule has 1 heterocycles. The molecular weight excluding hydrogens is 283 g/mol. The highest BCUT2D eigenvalue weighted by Gasteiger charge is 2.33. The summed E-state index contributed by atoms with van der Waals surface area (Å²) < 4.78 is 31.6. The van der Waals surface area contributed by atoms with Crippen LogP contribution in [0.25, 0.3) is 0 Å². The number of hydrogen-bond acceptors (Lipinski definition) is 3. The standard InChI is InChI=1S/C14H17FO4S/c1-14(2)6-5-10(19-14)8-20(18)12-7-9(13(16)17)3-4-11(12)15/h3-4,7,10H,5-6,8H2,1-2H3,(H,16,17). The summed E-state index contributed by atoms with van der Waals surface area (Å²) in [7, 11) is -1.61. The van der Waals surface area contributed by atoms with Crippen LogP contribution >= 0.6 is 0 Å². The Labute approximate surface area is 119 Å². The van der Waals surface area contributed by atoms with Crippen LogP contribution in [0.3, 0.4) is 0 Å². The van der Waals surface area contributed by atoms with Crippen LogP contribution in [-0.4, -0.2) is 32.7 Å². The minimum absolute atomic E-state index is 0.0672. The summed E-state index contributed by atoms with van der Waals surface area (Å²) in [5, 5.41) is 8.89. The van der Waals surface area contributed by atoms with E-state index in [1.165, 1.54) is 0 Å². The van der Waals surface area contributed by atoms with E-state index < -0.39 is 22.6 Å². The number of halogens is 1. The Morgan fingerprint density at radius 1 is 1.55 bits per heavy atom. The number of carbonyl (C=O) groups is 1. The first kappa shape index (κ1) is 15.1. The average Bonchev–Trinajstić information content (AvgIpc) is 2.68. The number of ether oxygens (including phenoxy) is 1. The zero-order valence-corrected chi connectivity index (χ0v) is 12.2. The molecule has 0 spiro atoms. The molecule has 0 aliphatic carbocycles. The fourth-order valence-corrected chi connectivity index (χ4v) is 3.56. The number of hydrogen-bond donors (Lipinski definition) is 1. The van der Waals surface area contributed by atoms with E-state index >= 15 is 0 Å². The van der Waals surface area contributed by atoms with Gasteiger partial charge in [-0.15, -0.1) is 0 Å². The fraction of sp³-hybridized carbons (Fsp3) is 0.500. The Hall–Kier alpha value is -1.27. The molecule has 0 amide bonds. The third kappa shape index (κ3) is 3.43. The number of carboxylic acid groups (broad SMARTS) is 1. The van der Waals surface area contributed by atoms with Crippen LogP contribution in [0.1, 0.15) is 37.0 Å². The van der Waals surface area contributed by atoms with E-state index in [2.05, 4.69) is 0 Å². The van der Waals surface area contributed by atoms with Crippen LogP contribution in [0.4, 0.5) is 4.39 Å². The highest BCUT2D eigenvalue weighted by molar-refractivity contribution is 7.85. The Balaban J connectivity index is 2.13. The molecular formula is C14H17FO4S. The monoisotopic (exact) mass is 300 g/mol. The fourth-order valence-electron chi connectivity index (χ4n) is 2.26. The van der Waals surface area contributed by atoms with Crippen molar-refractivity contribution < 1.29 is 23.2 Å². The highest BCUT2D eigenvalue weighted by Crippen LogP contribution is 2.30. The third-order valence-corrected chi connectivity index (χ3v) is 4.79. The van der Waals surface area contributed by atoms with E-state index in [4.69, 9.17) is 9.84 Å². The van der Waals surface area contributed by atoms with Crippen LogP contribution in [0.15, 0.2) is 23.1 Å². The van der Waals surface area contributed by atoms with Gasteiger partial charge in [0.05, 0.1) is 38.7 Å². The second-order valence-corrected chi connectivity index (χ2v) is 6.96. The Kier molecular flexibility index (Phi) is 4.25. The first-order valence-corrected chi connectivity index (χ1v) is 7.69. The van der Waals surface area contributed by atoms with Crippen LogP contribution < -0.4 is 0 Å². The largest absolute Gasteiger partial charge is 0.478 e. The van der Waals surface area contributed by atoms with Crippen molar-refractivity contribution >= 4 is 16.8 Å². The third-order valence-electron chi connectivity index (χ3n) is 3.31. The van der Waals surface area contributed by atoms with E-state index in [0.717, 1.165) is 31.0 Å². The van der Waals surface area contributed by atoms with Gasteiger partial charge in [-0.25, -0.2) is 9.18 Å². The molecule has 0 radical (unpaired) electrons. The summed E-state index contributed by atoms with van der Waals surface area (Å²) in [5.41, 5.74) is -0.307. The summed E-state index contributed by atoms with van der Waals surface area (Å²) in [6, 6.07) is 3.33. The molecule has 2 rings (SSSR count). The quantitative estimate of drug-likeness (QED) is 0.928. The number of carboxylic acids is 1. The van der Waals surface area contributed by atoms with E-state index in [1.807, 2.05) is 13.8 Å². The van der Waals surface area contributed by atoms with Gasteiger partial charge >= 0.3 is 5.97 Å². The molecule has 1 aromatic rings. The lowest BCUT2D eigenvalue weighted by Crippen LogP contribution is -2.23. The van der Waals surface area contributed by atoms with Gasteiger partial charge in [0.2, 0.25) is 0 Å². The molecule has 6 heteroatoms. The van der Waals surface area contributed by atoms with Crippen molar-refractivity contribution in [2.75, 3.05) is 5.75 Å². The van der Waals surface area contributed by atoms with Gasteiger partial charge in [0.1, 0.15) is 5.82 Å². The van der Waals surface area contributed by atoms with Gasteiger partial charge in [0.15, 0.2) is 0 Å². The zero-order chi connectivity index (χ0) is 14.9. The topological polar surface area (TPSA) is 63.6 Å². The van der Waals surface area contributed by atoms with E-state index in [9.17, 15) is 13.4 Å². The molecule has 20 heavy (non-hydrogen) atoms. The molecule has 1 aromatic carbocycles. The summed E-state index contributed by atoms with van der Waals surface area (Å²) in [6.45, 7) is 3.92. The SMILES string of the molecule is CC1(C)CCC(CS(=O)c2cc(C(=O)O)ccc2F)O1. The lowest BCUT2D eigenvalue weighted by Gasteiger charge is -2.19. The molecule has 0 aromatic heterocycles. The molecule has 110 valence electrons. The molecule has 1 saturated heterocycles. The van der Waals surface area contributed by atoms with Crippen molar-refractivity contribution in [2.45, 2.75) is 43.3 Å². The predicted molar refractivity (Wildman–Crippen MR) is 72.8 cm³/mol. The van der Waals surface area contributed by atoms with Crippen LogP contribution in [0.5, 0.6) is 0 Å². The maximum absolute atomic E-state index is 13.7. The summed E-state index contributed by atoms with van der Waals surface area (Å²) >= 11 is 0. The first-order valence-electron chi connectivity index (χ1n) is 6.37. The van der Waals surface area contributed by atoms with Gasteiger partial charge in [-0.1, -0.05) is 0 Å². The minimum atomic E-state index is -1.61. The lowest BCUT2D eigenvalue weighted by atomic mass is 10.1. The van der Waals surface area contributed by atoms with Gasteiger partial charge in [-0.3, -0.25) is 4.21 Å². The zero-order valence-electron chi connectivity index (χ0n) is 11.4. The molecule has 1 aliphatic rings. The number of rotatable bonds is 4. The van der Waals surface area contributed by atoms with Crippen molar-refractivity contribution in [1.82, 2.24) is 0 Å². The van der Waals surface area contributed by atoms with Crippen molar-refractivity contribution in [2.24, 2.45) is 0 Å². The van der Waals surface area contributed by atoms with Crippen molar-refractivity contribution in [1.29, 1.82) is 0 Å². The molecule has 0 saturated carbocycles. The lowest BCUT2D eigenvalue weighted by molar-refractivity contribution is -0.00499. The molecule has 4 nitrogen and oxygen atoms in total. The van der Waals surface area contributed by atoms with Gasteiger partial charge in [0, 0.05) is 0 Å². The number of benzene rings is 1. The summed E-state index contributed by atoms with van der Waals surface area (Å²) in [5.74, 6) is -1.63. The highest BCUT2D eigenvalue weighted by atomic mass is 32.2. The average molecular weight is 300 g/mol. The van der Waals surface area contributed by atoms with Gasteiger partial charge in [0.25, 0.3) is 0 Å². The summed E-state index contributed by atoms with van der Waals surface area (Å²) in [4.78, 5) is 10.8. The van der Waals surface area contributed by atoms with Crippen LogP contribution in [0.2, 0.25) is 0 Å². The molecule has 1 fully saturated rings. The van der Waals surface area contributed by atoms with Crippen LogP contribution in [-0.2, 0) is 15.5 Å². The Bertz CT molecular complexity index is 556. The van der Waals surface area contributed by atoms with Gasteiger partial charge in [-0.05, 0) is 44.9 Å². The molecule has 1 N–H and O–H groups in total. The van der Waals surface area contributed by atoms with Crippen LogP contribution in [0, 0.1) is 5.82 Å². The minimum Gasteiger partial charge on any atom is -0.478 e. The predicted octanol–water partition coefficient (Wildman–Crippen LogP) is 2.59. The van der Waals surface area contributed by atoms with Crippen molar-refractivity contribution in [3.63, 3.8) is 0 Å². The molecule has 2 atom stereocenters. The van der Waals surface area contributed by atoms with Crippen molar-refractivity contribution in [3.8, 4) is 0 Å². The normalized spacial score (nSPS) is 22.6. The van der Waals surface area contributed by atoms with E-state index in [0.29, 0.717) is 0 Å². The molecule has 2 unspecified atom stereocenters. The Morgan fingerprint density at radius 3 is 2.80 bits per heavy atom. The van der Waals surface area contributed by atoms with Gasteiger partial charge < -0.3 is 9.84 Å². The maximum atomic E-state index is 13.7. The molecule has 0 bridgehead atoms. The second kappa shape index (κ2) is 5.61. The first-order chi connectivity index (χ1) is 9.28. The van der Waals surface area contributed by atoms with E-state index in [1.54, 1.807) is 0 Å². The second-order valence-electron chi connectivity index (χ2n) is 5.50. The summed E-state index contributed by atoms with van der Waals surface area (Å²) in [6.07, 6.45) is 1.46. The van der Waals surface area contributed by atoms with E-state index in [-0.39, 0.29) is 27.9 Å². The molecule has 1 aliphatic heterocycles. The Morgan fingerprint density at radius 2 is 2.25 bits per heavy atom. The number of aromatic carboxylic acids is 1. The van der Waals surface area contributed by atoms with Crippen molar-refractivity contribution in [3.05, 3.63) is 29.6 Å². The van der Waals surface area contributed by atoms with Gasteiger partial charge in [-0.2, -0.15) is 0 Å².